The Hall–Kier alpha value is -0.0800. The molecule has 0 spiro atoms. The summed E-state index contributed by atoms with van der Waals surface area (Å²) in [5.74, 6) is 3.55. The zero-order valence-electron chi connectivity index (χ0n) is 16.2. The molecule has 0 aliphatic heterocycles. The van der Waals surface area contributed by atoms with Crippen molar-refractivity contribution in [1.82, 2.24) is 10.6 Å². The standard InChI is InChI=1S/C21H42N2/c1-5-18-12-7-10-16(3)20(18)22-14-9-15-23-21-17(4)11-8-13-19(21)6-2/h16-23H,5-15H2,1-4H3. The molecule has 2 saturated carbocycles. The Labute approximate surface area is 145 Å². The predicted molar refractivity (Wildman–Crippen MR) is 102 cm³/mol. The predicted octanol–water partition coefficient (Wildman–Crippen LogP) is 4.99. The van der Waals surface area contributed by atoms with Gasteiger partial charge in [0, 0.05) is 12.1 Å². The van der Waals surface area contributed by atoms with Gasteiger partial charge in [0.15, 0.2) is 0 Å². The first-order valence-electron chi connectivity index (χ1n) is 10.6. The molecular weight excluding hydrogens is 280 g/mol. The molecule has 2 aliphatic carbocycles. The highest BCUT2D eigenvalue weighted by molar-refractivity contribution is 4.86. The van der Waals surface area contributed by atoms with Gasteiger partial charge in [0.05, 0.1) is 0 Å². The third-order valence-corrected chi connectivity index (χ3v) is 6.87. The highest BCUT2D eigenvalue weighted by atomic mass is 15.0. The molecule has 6 atom stereocenters. The van der Waals surface area contributed by atoms with Crippen molar-refractivity contribution >= 4 is 0 Å². The summed E-state index contributed by atoms with van der Waals surface area (Å²) in [5, 5.41) is 7.81. The van der Waals surface area contributed by atoms with Crippen LogP contribution in [-0.2, 0) is 0 Å². The molecule has 2 fully saturated rings. The Morgan fingerprint density at radius 1 is 0.696 bits per heavy atom. The van der Waals surface area contributed by atoms with Gasteiger partial charge in [0.2, 0.25) is 0 Å². The molecule has 0 aromatic heterocycles. The summed E-state index contributed by atoms with van der Waals surface area (Å²) in [4.78, 5) is 0. The summed E-state index contributed by atoms with van der Waals surface area (Å²) in [5.41, 5.74) is 0. The first kappa shape index (κ1) is 19.2. The highest BCUT2D eigenvalue weighted by Crippen LogP contribution is 2.32. The molecular formula is C21H42N2. The van der Waals surface area contributed by atoms with Crippen molar-refractivity contribution in [2.24, 2.45) is 23.7 Å². The number of rotatable bonds is 8. The molecule has 0 aromatic carbocycles. The largest absolute Gasteiger partial charge is 0.313 e. The molecule has 6 unspecified atom stereocenters. The van der Waals surface area contributed by atoms with Gasteiger partial charge in [-0.15, -0.1) is 0 Å². The summed E-state index contributed by atoms with van der Waals surface area (Å²) in [6, 6.07) is 1.54. The van der Waals surface area contributed by atoms with Crippen molar-refractivity contribution in [3.63, 3.8) is 0 Å². The molecule has 0 amide bonds. The Balaban J connectivity index is 1.66. The molecule has 2 rings (SSSR count). The zero-order valence-corrected chi connectivity index (χ0v) is 16.2. The van der Waals surface area contributed by atoms with Crippen LogP contribution in [0, 0.1) is 23.7 Å². The van der Waals surface area contributed by atoms with Crippen LogP contribution in [0.5, 0.6) is 0 Å². The first-order chi connectivity index (χ1) is 11.2. The molecule has 2 aliphatic rings. The van der Waals surface area contributed by atoms with Gasteiger partial charge in [-0.2, -0.15) is 0 Å². The molecule has 2 N–H and O–H groups in total. The van der Waals surface area contributed by atoms with Gasteiger partial charge in [-0.3, -0.25) is 0 Å². The Morgan fingerprint density at radius 3 is 1.52 bits per heavy atom. The van der Waals surface area contributed by atoms with Crippen LogP contribution in [0.15, 0.2) is 0 Å². The maximum absolute atomic E-state index is 3.91. The van der Waals surface area contributed by atoms with Crippen molar-refractivity contribution in [3.05, 3.63) is 0 Å². The third-order valence-electron chi connectivity index (χ3n) is 6.87. The summed E-state index contributed by atoms with van der Waals surface area (Å²) in [7, 11) is 0. The second kappa shape index (κ2) is 10.0. The minimum Gasteiger partial charge on any atom is -0.313 e. The van der Waals surface area contributed by atoms with E-state index in [2.05, 4.69) is 38.3 Å². The van der Waals surface area contributed by atoms with Crippen LogP contribution in [0.25, 0.3) is 0 Å². The van der Waals surface area contributed by atoms with Gasteiger partial charge in [0.25, 0.3) is 0 Å². The Morgan fingerprint density at radius 2 is 1.13 bits per heavy atom. The molecule has 0 radical (unpaired) electrons. The van der Waals surface area contributed by atoms with Crippen molar-refractivity contribution in [3.8, 4) is 0 Å². The van der Waals surface area contributed by atoms with Crippen LogP contribution in [0.1, 0.15) is 85.5 Å². The van der Waals surface area contributed by atoms with E-state index in [1.807, 2.05) is 0 Å². The second-order valence-electron chi connectivity index (χ2n) is 8.47. The lowest BCUT2D eigenvalue weighted by molar-refractivity contribution is 0.182. The number of nitrogens with one attached hydrogen (secondary N) is 2. The van der Waals surface area contributed by atoms with Crippen LogP contribution < -0.4 is 10.6 Å². The van der Waals surface area contributed by atoms with E-state index in [1.54, 1.807) is 0 Å². The SMILES string of the molecule is CCC1CCCC(C)C1NCCCNC1C(C)CCCC1CC. The average molecular weight is 323 g/mol. The molecule has 0 saturated heterocycles. The zero-order chi connectivity index (χ0) is 16.7. The Bertz CT molecular complexity index is 287. The summed E-state index contributed by atoms with van der Waals surface area (Å²) < 4.78 is 0. The Kier molecular flexibility index (Phi) is 8.40. The highest BCUT2D eigenvalue weighted by Gasteiger charge is 2.30. The van der Waals surface area contributed by atoms with E-state index in [1.165, 1.54) is 70.9 Å². The molecule has 2 nitrogen and oxygen atoms in total. The van der Waals surface area contributed by atoms with Gasteiger partial charge in [0.1, 0.15) is 0 Å². The van der Waals surface area contributed by atoms with Crippen molar-refractivity contribution in [1.29, 1.82) is 0 Å². The van der Waals surface area contributed by atoms with Crippen molar-refractivity contribution in [2.45, 2.75) is 97.6 Å². The molecule has 136 valence electrons. The van der Waals surface area contributed by atoms with Crippen LogP contribution in [0.4, 0.5) is 0 Å². The van der Waals surface area contributed by atoms with Crippen molar-refractivity contribution in [2.75, 3.05) is 13.1 Å². The lowest BCUT2D eigenvalue weighted by Crippen LogP contribution is -2.46. The van der Waals surface area contributed by atoms with Gasteiger partial charge < -0.3 is 10.6 Å². The van der Waals surface area contributed by atoms with E-state index in [0.717, 1.165) is 35.8 Å². The van der Waals surface area contributed by atoms with E-state index in [-0.39, 0.29) is 0 Å². The van der Waals surface area contributed by atoms with Crippen LogP contribution in [0.2, 0.25) is 0 Å². The molecule has 23 heavy (non-hydrogen) atoms. The minimum absolute atomic E-state index is 0.769. The maximum atomic E-state index is 3.91. The minimum atomic E-state index is 0.769. The quantitative estimate of drug-likeness (QED) is 0.615. The lowest BCUT2D eigenvalue weighted by Gasteiger charge is -2.38. The molecule has 0 bridgehead atoms. The van der Waals surface area contributed by atoms with Gasteiger partial charge in [-0.25, -0.2) is 0 Å². The topological polar surface area (TPSA) is 24.1 Å². The van der Waals surface area contributed by atoms with Gasteiger partial charge >= 0.3 is 0 Å². The van der Waals surface area contributed by atoms with Crippen LogP contribution >= 0.6 is 0 Å². The van der Waals surface area contributed by atoms with Crippen LogP contribution in [-0.4, -0.2) is 25.2 Å². The molecule has 0 heterocycles. The summed E-state index contributed by atoms with van der Waals surface area (Å²) >= 11 is 0. The molecule has 2 heteroatoms. The monoisotopic (exact) mass is 322 g/mol. The first-order valence-corrected chi connectivity index (χ1v) is 10.6. The summed E-state index contributed by atoms with van der Waals surface area (Å²) in [6.45, 7) is 12.0. The third kappa shape index (κ3) is 5.46. The average Bonchev–Trinajstić information content (AvgIpc) is 2.56. The summed E-state index contributed by atoms with van der Waals surface area (Å²) in [6.07, 6.45) is 12.6. The van der Waals surface area contributed by atoms with E-state index < -0.39 is 0 Å². The smallest absolute Gasteiger partial charge is 0.0121 e. The van der Waals surface area contributed by atoms with E-state index in [0.29, 0.717) is 0 Å². The fraction of sp³-hybridized carbons (Fsp3) is 1.00. The molecule has 0 aromatic rings. The maximum Gasteiger partial charge on any atom is 0.0121 e. The van der Waals surface area contributed by atoms with E-state index in [9.17, 15) is 0 Å². The van der Waals surface area contributed by atoms with Crippen molar-refractivity contribution < 1.29 is 0 Å². The number of hydrogen-bond acceptors (Lipinski definition) is 2. The lowest BCUT2D eigenvalue weighted by atomic mass is 9.76. The van der Waals surface area contributed by atoms with Gasteiger partial charge in [-0.05, 0) is 68.9 Å². The number of hydrogen-bond donors (Lipinski definition) is 2. The fourth-order valence-corrected chi connectivity index (χ4v) is 5.33. The van der Waals surface area contributed by atoms with Gasteiger partial charge in [-0.1, -0.05) is 53.4 Å². The van der Waals surface area contributed by atoms with E-state index >= 15 is 0 Å². The van der Waals surface area contributed by atoms with Crippen LogP contribution in [0.3, 0.4) is 0 Å². The second-order valence-corrected chi connectivity index (χ2v) is 8.47. The normalized spacial score (nSPS) is 38.6. The van der Waals surface area contributed by atoms with E-state index in [4.69, 9.17) is 0 Å². The fourth-order valence-electron chi connectivity index (χ4n) is 5.33.